The predicted molar refractivity (Wildman–Crippen MR) is 76.0 cm³/mol. The van der Waals surface area contributed by atoms with Gasteiger partial charge in [0.25, 0.3) is 0 Å². The van der Waals surface area contributed by atoms with E-state index < -0.39 is 23.1 Å². The average Bonchev–Trinajstić information content (AvgIpc) is 2.40. The quantitative estimate of drug-likeness (QED) is 0.724. The molecule has 0 saturated heterocycles. The molecule has 0 amide bonds. The van der Waals surface area contributed by atoms with Crippen molar-refractivity contribution in [1.82, 2.24) is 5.32 Å². The Morgan fingerprint density at radius 2 is 2.15 bits per heavy atom. The smallest absolute Gasteiger partial charge is 0.323 e. The van der Waals surface area contributed by atoms with Crippen LogP contribution in [0.4, 0.5) is 8.78 Å². The van der Waals surface area contributed by atoms with E-state index in [-0.39, 0.29) is 4.90 Å². The van der Waals surface area contributed by atoms with Crippen molar-refractivity contribution in [2.45, 2.75) is 37.1 Å². The highest BCUT2D eigenvalue weighted by atomic mass is 32.2. The first kappa shape index (κ1) is 16.9. The Hall–Kier alpha value is -1.14. The molecule has 1 aromatic rings. The highest BCUT2D eigenvalue weighted by molar-refractivity contribution is 7.99. The molecule has 20 heavy (non-hydrogen) atoms. The molecule has 6 heteroatoms. The molecule has 0 aliphatic heterocycles. The standard InChI is InChI=1S/C14H19F2NO2S/c1-3-7-17-14(2,13(18)19)6-8-20-12-9-10(15)4-5-11(12)16/h4-5,9,17H,3,6-8H2,1-2H3,(H,18,19). The SMILES string of the molecule is CCCNC(C)(CCSc1cc(F)ccc1F)C(=O)O. The molecule has 1 atom stereocenters. The molecule has 0 saturated carbocycles. The molecule has 1 aromatic carbocycles. The fourth-order valence-electron chi connectivity index (χ4n) is 1.62. The largest absolute Gasteiger partial charge is 0.480 e. The summed E-state index contributed by atoms with van der Waals surface area (Å²) in [5.74, 6) is -1.54. The number of carboxylic acid groups (broad SMARTS) is 1. The topological polar surface area (TPSA) is 49.3 Å². The monoisotopic (exact) mass is 303 g/mol. The fourth-order valence-corrected chi connectivity index (χ4v) is 2.76. The summed E-state index contributed by atoms with van der Waals surface area (Å²) in [6.07, 6.45) is 1.15. The van der Waals surface area contributed by atoms with Crippen molar-refractivity contribution >= 4 is 17.7 Å². The molecule has 0 radical (unpaired) electrons. The highest BCUT2D eigenvalue weighted by Crippen LogP contribution is 2.25. The second-order valence-corrected chi connectivity index (χ2v) is 5.87. The van der Waals surface area contributed by atoms with E-state index in [0.717, 1.165) is 36.4 Å². The van der Waals surface area contributed by atoms with E-state index in [4.69, 9.17) is 0 Å². The molecular weight excluding hydrogens is 284 g/mol. The second kappa shape index (κ2) is 7.59. The summed E-state index contributed by atoms with van der Waals surface area (Å²) >= 11 is 1.12. The molecule has 0 spiro atoms. The van der Waals surface area contributed by atoms with E-state index >= 15 is 0 Å². The van der Waals surface area contributed by atoms with Gasteiger partial charge in [-0.3, -0.25) is 4.79 Å². The van der Waals surface area contributed by atoms with Gasteiger partial charge in [0, 0.05) is 10.6 Å². The maximum Gasteiger partial charge on any atom is 0.323 e. The zero-order valence-electron chi connectivity index (χ0n) is 11.6. The molecule has 3 nitrogen and oxygen atoms in total. The zero-order chi connectivity index (χ0) is 15.2. The van der Waals surface area contributed by atoms with E-state index in [1.165, 1.54) is 0 Å². The number of carbonyl (C=O) groups is 1. The van der Waals surface area contributed by atoms with Gasteiger partial charge in [-0.1, -0.05) is 6.92 Å². The van der Waals surface area contributed by atoms with Crippen LogP contribution in [0.5, 0.6) is 0 Å². The van der Waals surface area contributed by atoms with Gasteiger partial charge in [0.05, 0.1) is 0 Å². The van der Waals surface area contributed by atoms with Crippen molar-refractivity contribution in [3.8, 4) is 0 Å². The highest BCUT2D eigenvalue weighted by Gasteiger charge is 2.31. The molecule has 1 rings (SSSR count). The van der Waals surface area contributed by atoms with Crippen LogP contribution in [0.2, 0.25) is 0 Å². The number of aliphatic carboxylic acids is 1. The Morgan fingerprint density at radius 1 is 1.45 bits per heavy atom. The van der Waals surface area contributed by atoms with E-state index in [1.807, 2.05) is 6.92 Å². The molecule has 0 aromatic heterocycles. The third-order valence-corrected chi connectivity index (χ3v) is 4.02. The van der Waals surface area contributed by atoms with Crippen LogP contribution in [0.25, 0.3) is 0 Å². The lowest BCUT2D eigenvalue weighted by Crippen LogP contribution is -2.50. The minimum absolute atomic E-state index is 0.202. The number of carboxylic acids is 1. The van der Waals surface area contributed by atoms with Crippen LogP contribution >= 0.6 is 11.8 Å². The Labute approximate surface area is 121 Å². The minimum Gasteiger partial charge on any atom is -0.480 e. The van der Waals surface area contributed by atoms with E-state index in [1.54, 1.807) is 6.92 Å². The summed E-state index contributed by atoms with van der Waals surface area (Å²) in [5, 5.41) is 12.2. The second-order valence-electron chi connectivity index (χ2n) is 4.74. The van der Waals surface area contributed by atoms with Crippen LogP contribution in [0.1, 0.15) is 26.7 Å². The number of thioether (sulfide) groups is 1. The van der Waals surface area contributed by atoms with Crippen LogP contribution in [0.15, 0.2) is 23.1 Å². The number of hydrogen-bond acceptors (Lipinski definition) is 3. The van der Waals surface area contributed by atoms with Gasteiger partial charge in [-0.05, 0) is 44.5 Å². The van der Waals surface area contributed by atoms with Gasteiger partial charge in [0.15, 0.2) is 0 Å². The molecule has 112 valence electrons. The summed E-state index contributed by atoms with van der Waals surface area (Å²) in [7, 11) is 0. The van der Waals surface area contributed by atoms with Gasteiger partial charge in [-0.15, -0.1) is 11.8 Å². The van der Waals surface area contributed by atoms with Gasteiger partial charge < -0.3 is 10.4 Å². The molecule has 0 fully saturated rings. The number of hydrogen-bond donors (Lipinski definition) is 2. The lowest BCUT2D eigenvalue weighted by molar-refractivity contribution is -0.144. The number of halogens is 2. The molecule has 0 heterocycles. The number of rotatable bonds is 8. The third kappa shape index (κ3) is 4.76. The summed E-state index contributed by atoms with van der Waals surface area (Å²) in [6, 6.07) is 3.25. The molecule has 0 aliphatic carbocycles. The Bertz CT molecular complexity index is 470. The minimum atomic E-state index is -1.05. The van der Waals surface area contributed by atoms with Gasteiger partial charge in [-0.2, -0.15) is 0 Å². The molecule has 1 unspecified atom stereocenters. The summed E-state index contributed by atoms with van der Waals surface area (Å²) in [6.45, 7) is 4.15. The maximum absolute atomic E-state index is 13.4. The van der Waals surface area contributed by atoms with Crippen LogP contribution in [0, 0.1) is 11.6 Å². The van der Waals surface area contributed by atoms with Gasteiger partial charge in [-0.25, -0.2) is 8.78 Å². The lowest BCUT2D eigenvalue weighted by Gasteiger charge is -2.26. The van der Waals surface area contributed by atoms with E-state index in [0.29, 0.717) is 18.7 Å². The number of nitrogens with one attached hydrogen (secondary N) is 1. The Kier molecular flexibility index (Phi) is 6.42. The molecule has 0 bridgehead atoms. The van der Waals surface area contributed by atoms with Crippen molar-refractivity contribution in [2.24, 2.45) is 0 Å². The van der Waals surface area contributed by atoms with Crippen molar-refractivity contribution in [3.63, 3.8) is 0 Å². The fraction of sp³-hybridized carbons (Fsp3) is 0.500. The third-order valence-electron chi connectivity index (χ3n) is 2.99. The first-order valence-electron chi connectivity index (χ1n) is 6.45. The molecule has 2 N–H and O–H groups in total. The van der Waals surface area contributed by atoms with Crippen molar-refractivity contribution < 1.29 is 18.7 Å². The van der Waals surface area contributed by atoms with Gasteiger partial charge in [0.1, 0.15) is 17.2 Å². The first-order valence-corrected chi connectivity index (χ1v) is 7.44. The van der Waals surface area contributed by atoms with Crippen molar-refractivity contribution in [1.29, 1.82) is 0 Å². The average molecular weight is 303 g/mol. The molecular formula is C14H19F2NO2S. The van der Waals surface area contributed by atoms with E-state index in [9.17, 15) is 18.7 Å². The van der Waals surface area contributed by atoms with Crippen LogP contribution < -0.4 is 5.32 Å². The Morgan fingerprint density at radius 3 is 2.75 bits per heavy atom. The summed E-state index contributed by atoms with van der Waals surface area (Å²) in [4.78, 5) is 11.5. The van der Waals surface area contributed by atoms with Crippen LogP contribution in [-0.2, 0) is 4.79 Å². The lowest BCUT2D eigenvalue weighted by atomic mass is 9.99. The maximum atomic E-state index is 13.4. The molecule has 0 aliphatic rings. The predicted octanol–water partition coefficient (Wildman–Crippen LogP) is 3.29. The number of benzene rings is 1. The van der Waals surface area contributed by atoms with Crippen molar-refractivity contribution in [3.05, 3.63) is 29.8 Å². The Balaban J connectivity index is 2.60. The summed E-state index contributed by atoms with van der Waals surface area (Å²) in [5.41, 5.74) is -1.05. The van der Waals surface area contributed by atoms with Gasteiger partial charge in [0.2, 0.25) is 0 Å². The van der Waals surface area contributed by atoms with Crippen molar-refractivity contribution in [2.75, 3.05) is 12.3 Å². The van der Waals surface area contributed by atoms with E-state index in [2.05, 4.69) is 5.32 Å². The zero-order valence-corrected chi connectivity index (χ0v) is 12.4. The normalized spacial score (nSPS) is 14.0. The first-order chi connectivity index (χ1) is 9.39. The van der Waals surface area contributed by atoms with Crippen LogP contribution in [0.3, 0.4) is 0 Å². The van der Waals surface area contributed by atoms with Crippen LogP contribution in [-0.4, -0.2) is 28.9 Å². The summed E-state index contributed by atoms with van der Waals surface area (Å²) < 4.78 is 26.4. The van der Waals surface area contributed by atoms with Gasteiger partial charge >= 0.3 is 5.97 Å².